The zero-order valence-electron chi connectivity index (χ0n) is 12.5. The van der Waals surface area contributed by atoms with Crippen LogP contribution in [0.1, 0.15) is 11.5 Å². The smallest absolute Gasteiger partial charge is 0.409 e. The van der Waals surface area contributed by atoms with E-state index >= 15 is 0 Å². The molecule has 116 valence electrons. The molecule has 3 rings (SSSR count). The van der Waals surface area contributed by atoms with Crippen LogP contribution in [0.15, 0.2) is 10.6 Å². The Morgan fingerprint density at radius 2 is 1.90 bits per heavy atom. The van der Waals surface area contributed by atoms with Crippen LogP contribution in [-0.4, -0.2) is 78.4 Å². The van der Waals surface area contributed by atoms with Crippen LogP contribution in [0.25, 0.3) is 0 Å². The SMILES string of the molecule is Cc1cc(CN2CCN(CCN3CCOC3=O)CC2)on1. The van der Waals surface area contributed by atoms with E-state index in [2.05, 4.69) is 15.0 Å². The second-order valence-corrected chi connectivity index (χ2v) is 5.65. The van der Waals surface area contributed by atoms with Crippen molar-refractivity contribution in [3.05, 3.63) is 17.5 Å². The molecule has 1 aromatic rings. The lowest BCUT2D eigenvalue weighted by atomic mass is 10.3. The van der Waals surface area contributed by atoms with Gasteiger partial charge in [-0.05, 0) is 6.92 Å². The molecule has 0 aliphatic carbocycles. The van der Waals surface area contributed by atoms with Crippen LogP contribution >= 0.6 is 0 Å². The minimum Gasteiger partial charge on any atom is -0.448 e. The molecule has 0 N–H and O–H groups in total. The molecule has 3 heterocycles. The Balaban J connectivity index is 1.37. The summed E-state index contributed by atoms with van der Waals surface area (Å²) in [6.07, 6.45) is -0.172. The predicted molar refractivity (Wildman–Crippen MR) is 75.9 cm³/mol. The van der Waals surface area contributed by atoms with Crippen molar-refractivity contribution < 1.29 is 14.1 Å². The van der Waals surface area contributed by atoms with Gasteiger partial charge in [0, 0.05) is 45.3 Å². The normalized spacial score (nSPS) is 21.0. The summed E-state index contributed by atoms with van der Waals surface area (Å²) in [7, 11) is 0. The number of cyclic esters (lactones) is 1. The molecule has 0 bridgehead atoms. The van der Waals surface area contributed by atoms with Gasteiger partial charge in [-0.3, -0.25) is 9.80 Å². The third-order valence-corrected chi connectivity index (χ3v) is 4.05. The molecule has 2 aliphatic heterocycles. The third kappa shape index (κ3) is 3.74. The van der Waals surface area contributed by atoms with E-state index in [-0.39, 0.29) is 6.09 Å². The second-order valence-electron chi connectivity index (χ2n) is 5.65. The average molecular weight is 294 g/mol. The van der Waals surface area contributed by atoms with E-state index in [4.69, 9.17) is 9.26 Å². The Morgan fingerprint density at radius 3 is 2.52 bits per heavy atom. The van der Waals surface area contributed by atoms with E-state index in [1.54, 1.807) is 4.90 Å². The molecule has 0 unspecified atom stereocenters. The van der Waals surface area contributed by atoms with Crippen LogP contribution in [0.5, 0.6) is 0 Å². The topological polar surface area (TPSA) is 62.1 Å². The monoisotopic (exact) mass is 294 g/mol. The molecule has 2 fully saturated rings. The molecule has 0 atom stereocenters. The number of ether oxygens (including phenoxy) is 1. The van der Waals surface area contributed by atoms with E-state index in [1.165, 1.54) is 0 Å². The van der Waals surface area contributed by atoms with Gasteiger partial charge in [0.2, 0.25) is 0 Å². The highest BCUT2D eigenvalue weighted by molar-refractivity contribution is 5.69. The summed E-state index contributed by atoms with van der Waals surface area (Å²) < 4.78 is 10.2. The number of hydrogen-bond acceptors (Lipinski definition) is 6. The van der Waals surface area contributed by atoms with Crippen LogP contribution in [0, 0.1) is 6.92 Å². The molecule has 0 radical (unpaired) electrons. The first-order chi connectivity index (χ1) is 10.2. The largest absolute Gasteiger partial charge is 0.448 e. The van der Waals surface area contributed by atoms with E-state index in [0.717, 1.165) is 63.8 Å². The lowest BCUT2D eigenvalue weighted by Gasteiger charge is -2.34. The molecule has 0 spiro atoms. The first-order valence-corrected chi connectivity index (χ1v) is 7.49. The number of rotatable bonds is 5. The fourth-order valence-electron chi connectivity index (χ4n) is 2.77. The van der Waals surface area contributed by atoms with Crippen LogP contribution < -0.4 is 0 Å². The molecular formula is C14H22N4O3. The number of hydrogen-bond donors (Lipinski definition) is 0. The Hall–Kier alpha value is -1.60. The molecule has 1 aromatic heterocycles. The van der Waals surface area contributed by atoms with Crippen LogP contribution in [-0.2, 0) is 11.3 Å². The van der Waals surface area contributed by atoms with Crippen molar-refractivity contribution in [3.63, 3.8) is 0 Å². The zero-order chi connectivity index (χ0) is 14.7. The number of aromatic nitrogens is 1. The van der Waals surface area contributed by atoms with E-state index in [0.29, 0.717) is 6.61 Å². The minimum atomic E-state index is -0.172. The Kier molecular flexibility index (Phi) is 4.40. The van der Waals surface area contributed by atoms with Crippen LogP contribution in [0.2, 0.25) is 0 Å². The summed E-state index contributed by atoms with van der Waals surface area (Å²) in [4.78, 5) is 17.9. The van der Waals surface area contributed by atoms with Gasteiger partial charge in [-0.25, -0.2) is 4.79 Å². The first-order valence-electron chi connectivity index (χ1n) is 7.49. The van der Waals surface area contributed by atoms with Crippen molar-refractivity contribution in [2.45, 2.75) is 13.5 Å². The lowest BCUT2D eigenvalue weighted by molar-refractivity contribution is 0.109. The molecule has 1 amide bonds. The summed E-state index contributed by atoms with van der Waals surface area (Å²) >= 11 is 0. The fraction of sp³-hybridized carbons (Fsp3) is 0.714. The van der Waals surface area contributed by atoms with Gasteiger partial charge in [0.1, 0.15) is 6.61 Å². The standard InChI is InChI=1S/C14H22N4O3/c1-12-10-13(21-15-12)11-17-4-2-16(3-5-17)6-7-18-8-9-20-14(18)19/h10H,2-9,11H2,1H3. The van der Waals surface area contributed by atoms with Crippen molar-refractivity contribution in [1.29, 1.82) is 0 Å². The second kappa shape index (κ2) is 6.44. The number of nitrogens with zero attached hydrogens (tertiary/aromatic N) is 4. The molecule has 2 aliphatic rings. The maximum atomic E-state index is 11.4. The third-order valence-electron chi connectivity index (χ3n) is 4.05. The quantitative estimate of drug-likeness (QED) is 0.790. The van der Waals surface area contributed by atoms with Crippen LogP contribution in [0.4, 0.5) is 4.79 Å². The van der Waals surface area contributed by atoms with Crippen molar-refractivity contribution >= 4 is 6.09 Å². The highest BCUT2D eigenvalue weighted by atomic mass is 16.6. The summed E-state index contributed by atoms with van der Waals surface area (Å²) in [6, 6.07) is 1.99. The van der Waals surface area contributed by atoms with E-state index in [9.17, 15) is 4.79 Å². The Morgan fingerprint density at radius 1 is 1.14 bits per heavy atom. The number of piperazine rings is 1. The molecule has 2 saturated heterocycles. The highest BCUT2D eigenvalue weighted by Crippen LogP contribution is 2.10. The number of carbonyl (C=O) groups is 1. The summed E-state index contributed by atoms with van der Waals surface area (Å²) in [5, 5.41) is 3.92. The van der Waals surface area contributed by atoms with Crippen molar-refractivity contribution in [2.75, 3.05) is 52.4 Å². The number of aryl methyl sites for hydroxylation is 1. The maximum absolute atomic E-state index is 11.4. The van der Waals surface area contributed by atoms with Crippen molar-refractivity contribution in [1.82, 2.24) is 19.9 Å². The number of carbonyl (C=O) groups excluding carboxylic acids is 1. The van der Waals surface area contributed by atoms with Gasteiger partial charge in [-0.2, -0.15) is 0 Å². The molecule has 7 heteroatoms. The molecule has 21 heavy (non-hydrogen) atoms. The average Bonchev–Trinajstić information content (AvgIpc) is 3.07. The van der Waals surface area contributed by atoms with Gasteiger partial charge < -0.3 is 14.2 Å². The minimum absolute atomic E-state index is 0.172. The van der Waals surface area contributed by atoms with Gasteiger partial charge in [0.15, 0.2) is 5.76 Å². The highest BCUT2D eigenvalue weighted by Gasteiger charge is 2.23. The van der Waals surface area contributed by atoms with E-state index in [1.807, 2.05) is 13.0 Å². The Labute approximate surface area is 124 Å². The summed E-state index contributed by atoms with van der Waals surface area (Å²) in [6.45, 7) is 9.79. The molecule has 7 nitrogen and oxygen atoms in total. The fourth-order valence-corrected chi connectivity index (χ4v) is 2.77. The maximum Gasteiger partial charge on any atom is 0.409 e. The molecule has 0 saturated carbocycles. The van der Waals surface area contributed by atoms with Crippen molar-refractivity contribution in [3.8, 4) is 0 Å². The summed E-state index contributed by atoms with van der Waals surface area (Å²) in [5.74, 6) is 0.931. The predicted octanol–water partition coefficient (Wildman–Crippen LogP) is 0.553. The molecule has 0 aromatic carbocycles. The number of amides is 1. The lowest BCUT2D eigenvalue weighted by Crippen LogP contribution is -2.48. The van der Waals surface area contributed by atoms with Gasteiger partial charge in [0.25, 0.3) is 0 Å². The first kappa shape index (κ1) is 14.3. The Bertz CT molecular complexity index is 482. The van der Waals surface area contributed by atoms with Gasteiger partial charge in [0.05, 0.1) is 18.8 Å². The van der Waals surface area contributed by atoms with Gasteiger partial charge >= 0.3 is 6.09 Å². The van der Waals surface area contributed by atoms with Gasteiger partial charge in [-0.1, -0.05) is 5.16 Å². The van der Waals surface area contributed by atoms with E-state index < -0.39 is 0 Å². The van der Waals surface area contributed by atoms with Gasteiger partial charge in [-0.15, -0.1) is 0 Å². The van der Waals surface area contributed by atoms with Crippen molar-refractivity contribution in [2.24, 2.45) is 0 Å². The summed E-state index contributed by atoms with van der Waals surface area (Å²) in [5.41, 5.74) is 0.932. The molecular weight excluding hydrogens is 272 g/mol. The van der Waals surface area contributed by atoms with Crippen LogP contribution in [0.3, 0.4) is 0 Å². The zero-order valence-corrected chi connectivity index (χ0v) is 12.5.